The van der Waals surface area contributed by atoms with Gasteiger partial charge in [0.1, 0.15) is 0 Å². The monoisotopic (exact) mass is 310 g/mol. The van der Waals surface area contributed by atoms with E-state index < -0.39 is 0 Å². The van der Waals surface area contributed by atoms with Crippen LogP contribution in [0.3, 0.4) is 0 Å². The molecule has 0 unspecified atom stereocenters. The third-order valence-corrected chi connectivity index (χ3v) is 3.92. The maximum Gasteiger partial charge on any atom is 0.170 e. The van der Waals surface area contributed by atoms with Gasteiger partial charge >= 0.3 is 0 Å². The Bertz CT molecular complexity index is 754. The molecule has 1 aromatic carbocycles. The summed E-state index contributed by atoms with van der Waals surface area (Å²) in [7, 11) is 3.22. The van der Waals surface area contributed by atoms with Crippen LogP contribution in [0, 0.1) is 0 Å². The zero-order valence-electron chi connectivity index (χ0n) is 13.2. The van der Waals surface area contributed by atoms with E-state index in [0.717, 1.165) is 23.3 Å². The molecule has 0 atom stereocenters. The van der Waals surface area contributed by atoms with E-state index in [4.69, 9.17) is 9.47 Å². The van der Waals surface area contributed by atoms with Gasteiger partial charge in [-0.3, -0.25) is 14.8 Å². The molecule has 1 aliphatic heterocycles. The Morgan fingerprint density at radius 3 is 2.70 bits per heavy atom. The van der Waals surface area contributed by atoms with Gasteiger partial charge in [0.15, 0.2) is 17.3 Å². The molecule has 2 aromatic rings. The fourth-order valence-electron chi connectivity index (χ4n) is 2.73. The lowest BCUT2D eigenvalue weighted by Crippen LogP contribution is -2.17. The van der Waals surface area contributed by atoms with Gasteiger partial charge in [0.2, 0.25) is 0 Å². The number of Topliss-reactive ketones (excluding diaryl/α,β-unsaturated/α-hetero) is 1. The molecule has 0 amide bonds. The molecule has 3 rings (SSSR count). The minimum atomic E-state index is 0.0134. The highest BCUT2D eigenvalue weighted by atomic mass is 16.5. The van der Waals surface area contributed by atoms with E-state index in [1.807, 2.05) is 12.1 Å². The van der Waals surface area contributed by atoms with Gasteiger partial charge in [0.05, 0.1) is 26.4 Å². The molecule has 0 spiro atoms. The molecule has 5 heteroatoms. The number of carbonyl (C=O) groups is 1. The van der Waals surface area contributed by atoms with Gasteiger partial charge in [-0.15, -0.1) is 0 Å². The number of pyridine rings is 1. The van der Waals surface area contributed by atoms with Gasteiger partial charge in [-0.2, -0.15) is 0 Å². The summed E-state index contributed by atoms with van der Waals surface area (Å²) in [5.41, 5.74) is 3.49. The van der Waals surface area contributed by atoms with Crippen molar-refractivity contribution >= 4 is 11.5 Å². The number of methoxy groups -OCH3 is 2. The number of fused-ring (bicyclic) bond motifs is 1. The number of aromatic nitrogens is 1. The Labute approximate surface area is 135 Å². The summed E-state index contributed by atoms with van der Waals surface area (Å²) >= 11 is 0. The lowest BCUT2D eigenvalue weighted by atomic mass is 9.93. The molecule has 0 saturated heterocycles. The summed E-state index contributed by atoms with van der Waals surface area (Å²) in [6.45, 7) is 0.679. The first-order chi connectivity index (χ1) is 11.2. The predicted molar refractivity (Wildman–Crippen MR) is 87.8 cm³/mol. The van der Waals surface area contributed by atoms with Crippen LogP contribution in [-0.2, 0) is 6.42 Å². The fraction of sp³-hybridized carbons (Fsp3) is 0.278. The second-order valence-corrected chi connectivity index (χ2v) is 5.28. The van der Waals surface area contributed by atoms with Crippen LogP contribution < -0.4 is 9.47 Å². The lowest BCUT2D eigenvalue weighted by Gasteiger charge is -2.19. The van der Waals surface area contributed by atoms with Crippen molar-refractivity contribution in [1.29, 1.82) is 0 Å². The summed E-state index contributed by atoms with van der Waals surface area (Å²) in [5.74, 6) is 1.36. The topological polar surface area (TPSA) is 60.8 Å². The zero-order chi connectivity index (χ0) is 16.2. The summed E-state index contributed by atoms with van der Waals surface area (Å²) < 4.78 is 10.7. The summed E-state index contributed by atoms with van der Waals surface area (Å²) in [5, 5.41) is 0. The molecule has 5 nitrogen and oxygen atoms in total. The molecular formula is C18H18N2O3. The third-order valence-electron chi connectivity index (χ3n) is 3.92. The Kier molecular flexibility index (Phi) is 4.37. The molecule has 118 valence electrons. The predicted octanol–water partition coefficient (Wildman–Crippen LogP) is 2.72. The van der Waals surface area contributed by atoms with E-state index in [-0.39, 0.29) is 12.2 Å². The molecule has 1 aromatic heterocycles. The Morgan fingerprint density at radius 1 is 1.22 bits per heavy atom. The van der Waals surface area contributed by atoms with Crippen LogP contribution in [0.15, 0.2) is 41.7 Å². The highest BCUT2D eigenvalue weighted by Crippen LogP contribution is 2.33. The van der Waals surface area contributed by atoms with E-state index >= 15 is 0 Å². The molecule has 1 aliphatic rings. The Morgan fingerprint density at radius 2 is 2.00 bits per heavy atom. The van der Waals surface area contributed by atoms with Crippen LogP contribution in [0.4, 0.5) is 0 Å². The molecule has 2 heterocycles. The first-order valence-corrected chi connectivity index (χ1v) is 7.44. The van der Waals surface area contributed by atoms with Gasteiger partial charge in [-0.1, -0.05) is 0 Å². The van der Waals surface area contributed by atoms with Crippen LogP contribution in [0.25, 0.3) is 0 Å². The summed E-state index contributed by atoms with van der Waals surface area (Å²) in [4.78, 5) is 21.0. The number of hydrogen-bond acceptors (Lipinski definition) is 5. The van der Waals surface area contributed by atoms with Crippen molar-refractivity contribution in [2.75, 3.05) is 20.8 Å². The molecule has 0 fully saturated rings. The van der Waals surface area contributed by atoms with Crippen LogP contribution in [-0.4, -0.2) is 37.2 Å². The number of ketones is 1. The quantitative estimate of drug-likeness (QED) is 0.797. The average molecular weight is 310 g/mol. The molecule has 0 radical (unpaired) electrons. The zero-order valence-corrected chi connectivity index (χ0v) is 13.2. The fourth-order valence-corrected chi connectivity index (χ4v) is 2.73. The third kappa shape index (κ3) is 3.08. The smallest absolute Gasteiger partial charge is 0.170 e. The van der Waals surface area contributed by atoms with E-state index in [0.29, 0.717) is 23.6 Å². The van der Waals surface area contributed by atoms with Crippen molar-refractivity contribution in [2.24, 2.45) is 4.99 Å². The molecule has 0 aliphatic carbocycles. The SMILES string of the molecule is COc1cc2c(cc1OC)C(CC(=O)c1cccnc1)=NCC2. The number of benzene rings is 1. The summed E-state index contributed by atoms with van der Waals surface area (Å²) in [6, 6.07) is 7.41. The minimum absolute atomic E-state index is 0.0134. The molecular weight excluding hydrogens is 292 g/mol. The number of rotatable bonds is 5. The normalized spacial score (nSPS) is 13.0. The first-order valence-electron chi connectivity index (χ1n) is 7.44. The average Bonchev–Trinajstić information content (AvgIpc) is 2.61. The molecule has 23 heavy (non-hydrogen) atoms. The second-order valence-electron chi connectivity index (χ2n) is 5.28. The molecule has 0 saturated carbocycles. The highest BCUT2D eigenvalue weighted by molar-refractivity contribution is 6.16. The Hall–Kier alpha value is -2.69. The van der Waals surface area contributed by atoms with Crippen molar-refractivity contribution in [1.82, 2.24) is 4.98 Å². The van der Waals surface area contributed by atoms with Crippen LogP contribution in [0.1, 0.15) is 27.9 Å². The van der Waals surface area contributed by atoms with Crippen molar-refractivity contribution in [3.63, 3.8) is 0 Å². The van der Waals surface area contributed by atoms with Crippen molar-refractivity contribution in [3.8, 4) is 11.5 Å². The molecule has 0 N–H and O–H groups in total. The van der Waals surface area contributed by atoms with Gasteiger partial charge in [0.25, 0.3) is 0 Å². The number of hydrogen-bond donors (Lipinski definition) is 0. The minimum Gasteiger partial charge on any atom is -0.493 e. The van der Waals surface area contributed by atoms with Crippen molar-refractivity contribution in [2.45, 2.75) is 12.8 Å². The van der Waals surface area contributed by atoms with Gasteiger partial charge in [-0.05, 0) is 36.2 Å². The van der Waals surface area contributed by atoms with Gasteiger partial charge < -0.3 is 9.47 Å². The number of carbonyl (C=O) groups excluding carboxylic acids is 1. The summed E-state index contributed by atoms with van der Waals surface area (Å²) in [6.07, 6.45) is 4.33. The first kappa shape index (κ1) is 15.2. The van der Waals surface area contributed by atoms with Crippen molar-refractivity contribution in [3.05, 3.63) is 53.3 Å². The standard InChI is InChI=1S/C18H18N2O3/c1-22-17-8-12-5-7-20-15(14(12)9-18(17)23-2)10-16(21)13-4-3-6-19-11-13/h3-4,6,8-9,11H,5,7,10H2,1-2H3. The molecule has 0 bridgehead atoms. The second kappa shape index (κ2) is 6.60. The van der Waals surface area contributed by atoms with Crippen molar-refractivity contribution < 1.29 is 14.3 Å². The van der Waals surface area contributed by atoms with E-state index in [2.05, 4.69) is 9.98 Å². The Balaban J connectivity index is 1.91. The van der Waals surface area contributed by atoms with Crippen LogP contribution in [0.5, 0.6) is 11.5 Å². The highest BCUT2D eigenvalue weighted by Gasteiger charge is 2.21. The number of aliphatic imine (C=N–C) groups is 1. The number of ether oxygens (including phenoxy) is 2. The number of nitrogens with zero attached hydrogens (tertiary/aromatic N) is 2. The van der Waals surface area contributed by atoms with E-state index in [1.165, 1.54) is 0 Å². The van der Waals surface area contributed by atoms with E-state index in [1.54, 1.807) is 38.7 Å². The largest absolute Gasteiger partial charge is 0.493 e. The maximum absolute atomic E-state index is 12.4. The lowest BCUT2D eigenvalue weighted by molar-refractivity contribution is 0.100. The van der Waals surface area contributed by atoms with Crippen LogP contribution >= 0.6 is 0 Å². The van der Waals surface area contributed by atoms with E-state index in [9.17, 15) is 4.79 Å². The van der Waals surface area contributed by atoms with Crippen LogP contribution in [0.2, 0.25) is 0 Å². The van der Waals surface area contributed by atoms with Gasteiger partial charge in [0, 0.05) is 30.1 Å². The maximum atomic E-state index is 12.4. The van der Waals surface area contributed by atoms with Gasteiger partial charge in [-0.25, -0.2) is 0 Å².